The number of pyridine rings is 1. The van der Waals surface area contributed by atoms with Gasteiger partial charge in [-0.3, -0.25) is 19.9 Å². The predicted molar refractivity (Wildman–Crippen MR) is 77.8 cm³/mol. The molecule has 0 aliphatic rings. The molecule has 0 unspecified atom stereocenters. The summed E-state index contributed by atoms with van der Waals surface area (Å²) in [5.74, 6) is -0.380. The number of nitro benzene ring substituents is 1. The number of hydrogen-bond donors (Lipinski definition) is 1. The Morgan fingerprint density at radius 1 is 1.24 bits per heavy atom. The quantitative estimate of drug-likeness (QED) is 0.691. The second-order valence-corrected chi connectivity index (χ2v) is 5.10. The van der Waals surface area contributed by atoms with Gasteiger partial charge in [-0.2, -0.15) is 0 Å². The van der Waals surface area contributed by atoms with E-state index >= 15 is 0 Å². The zero-order chi connectivity index (χ0) is 15.5. The lowest BCUT2D eigenvalue weighted by Gasteiger charge is -2.25. The summed E-state index contributed by atoms with van der Waals surface area (Å²) in [4.78, 5) is 26.7. The van der Waals surface area contributed by atoms with Crippen molar-refractivity contribution in [1.29, 1.82) is 0 Å². The van der Waals surface area contributed by atoms with Crippen LogP contribution in [0.1, 0.15) is 29.9 Å². The monoisotopic (exact) mass is 285 g/mol. The largest absolute Gasteiger partial charge is 0.342 e. The smallest absolute Gasteiger partial charge is 0.270 e. The summed E-state index contributed by atoms with van der Waals surface area (Å²) >= 11 is 0. The number of amides is 1. The zero-order valence-electron chi connectivity index (χ0n) is 11.7. The highest BCUT2D eigenvalue weighted by Crippen LogP contribution is 2.19. The van der Waals surface area contributed by atoms with Crippen LogP contribution in [0.15, 0.2) is 48.7 Å². The van der Waals surface area contributed by atoms with Crippen LogP contribution in [0, 0.1) is 10.1 Å². The molecule has 0 atom stereocenters. The third kappa shape index (κ3) is 3.42. The molecule has 21 heavy (non-hydrogen) atoms. The van der Waals surface area contributed by atoms with Crippen molar-refractivity contribution in [3.8, 4) is 0 Å². The Morgan fingerprint density at radius 3 is 2.62 bits per heavy atom. The normalized spacial score (nSPS) is 11.0. The summed E-state index contributed by atoms with van der Waals surface area (Å²) in [7, 11) is 0. The first kappa shape index (κ1) is 14.6. The van der Waals surface area contributed by atoms with Gasteiger partial charge in [0.2, 0.25) is 0 Å². The van der Waals surface area contributed by atoms with Crippen molar-refractivity contribution < 1.29 is 9.72 Å². The average Bonchev–Trinajstić information content (AvgIpc) is 2.48. The molecule has 2 aromatic rings. The standard InChI is InChI=1S/C15H15N3O3/c1-15(2,13-8-3-4-9-16-13)17-14(19)11-6-5-7-12(10-11)18(20)21/h3-10H,1-2H3,(H,17,19). The number of carbonyl (C=O) groups excluding carboxylic acids is 1. The van der Waals surface area contributed by atoms with Gasteiger partial charge >= 0.3 is 0 Å². The molecular formula is C15H15N3O3. The lowest BCUT2D eigenvalue weighted by Crippen LogP contribution is -2.41. The molecule has 0 aliphatic heterocycles. The van der Waals surface area contributed by atoms with Gasteiger partial charge in [-0.15, -0.1) is 0 Å². The molecule has 0 saturated heterocycles. The Bertz CT molecular complexity index is 669. The van der Waals surface area contributed by atoms with Crippen LogP contribution in [0.2, 0.25) is 0 Å². The SMILES string of the molecule is CC(C)(NC(=O)c1cccc([N+](=O)[O-])c1)c1ccccn1. The molecule has 0 radical (unpaired) electrons. The van der Waals surface area contributed by atoms with Crippen LogP contribution in [-0.4, -0.2) is 15.8 Å². The van der Waals surface area contributed by atoms with Crippen LogP contribution in [-0.2, 0) is 5.54 Å². The summed E-state index contributed by atoms with van der Waals surface area (Å²) < 4.78 is 0. The third-order valence-electron chi connectivity index (χ3n) is 3.05. The number of nitrogens with one attached hydrogen (secondary N) is 1. The van der Waals surface area contributed by atoms with Gasteiger partial charge in [0.15, 0.2) is 0 Å². The number of carbonyl (C=O) groups is 1. The topological polar surface area (TPSA) is 85.1 Å². The first-order valence-corrected chi connectivity index (χ1v) is 6.38. The zero-order valence-corrected chi connectivity index (χ0v) is 11.7. The van der Waals surface area contributed by atoms with Gasteiger partial charge in [-0.05, 0) is 32.0 Å². The van der Waals surface area contributed by atoms with Crippen molar-refractivity contribution in [1.82, 2.24) is 10.3 Å². The summed E-state index contributed by atoms with van der Waals surface area (Å²) in [6.07, 6.45) is 1.65. The summed E-state index contributed by atoms with van der Waals surface area (Å²) in [6.45, 7) is 3.65. The molecule has 0 bridgehead atoms. The maximum atomic E-state index is 12.2. The minimum Gasteiger partial charge on any atom is -0.342 e. The van der Waals surface area contributed by atoms with E-state index in [4.69, 9.17) is 0 Å². The van der Waals surface area contributed by atoms with Crippen LogP contribution >= 0.6 is 0 Å². The van der Waals surface area contributed by atoms with Gasteiger partial charge < -0.3 is 5.32 Å². The maximum Gasteiger partial charge on any atom is 0.270 e. The molecular weight excluding hydrogens is 270 g/mol. The van der Waals surface area contributed by atoms with Crippen LogP contribution in [0.25, 0.3) is 0 Å². The highest BCUT2D eigenvalue weighted by molar-refractivity contribution is 5.95. The predicted octanol–water partition coefficient (Wildman–Crippen LogP) is 2.65. The molecule has 1 aromatic carbocycles. The second kappa shape index (κ2) is 5.70. The van der Waals surface area contributed by atoms with Crippen LogP contribution in [0.3, 0.4) is 0 Å². The fraction of sp³-hybridized carbons (Fsp3) is 0.200. The lowest BCUT2D eigenvalue weighted by atomic mass is 9.99. The highest BCUT2D eigenvalue weighted by atomic mass is 16.6. The summed E-state index contributed by atoms with van der Waals surface area (Å²) in [5.41, 5.74) is 0.165. The van der Waals surface area contributed by atoms with E-state index in [9.17, 15) is 14.9 Å². The number of hydrogen-bond acceptors (Lipinski definition) is 4. The molecule has 0 saturated carbocycles. The fourth-order valence-corrected chi connectivity index (χ4v) is 1.91. The Labute approximate surface area is 122 Å². The van der Waals surface area contributed by atoms with Crippen molar-refractivity contribution in [2.75, 3.05) is 0 Å². The summed E-state index contributed by atoms with van der Waals surface area (Å²) in [5, 5.41) is 13.6. The Balaban J connectivity index is 2.21. The van der Waals surface area contributed by atoms with E-state index in [2.05, 4.69) is 10.3 Å². The van der Waals surface area contributed by atoms with E-state index < -0.39 is 10.5 Å². The van der Waals surface area contributed by atoms with E-state index in [1.165, 1.54) is 24.3 Å². The first-order valence-electron chi connectivity index (χ1n) is 6.38. The summed E-state index contributed by atoms with van der Waals surface area (Å²) in [6, 6.07) is 11.1. The van der Waals surface area contributed by atoms with Crippen LogP contribution in [0.4, 0.5) is 5.69 Å². The van der Waals surface area contributed by atoms with Crippen molar-refractivity contribution in [2.45, 2.75) is 19.4 Å². The minimum absolute atomic E-state index is 0.113. The van der Waals surface area contributed by atoms with Crippen molar-refractivity contribution in [3.05, 3.63) is 70.0 Å². The minimum atomic E-state index is -0.678. The van der Waals surface area contributed by atoms with Gasteiger partial charge in [0, 0.05) is 23.9 Å². The number of nitrogens with zero attached hydrogens (tertiary/aromatic N) is 2. The molecule has 0 spiro atoms. The number of nitro groups is 1. The van der Waals surface area contributed by atoms with Gasteiger partial charge in [0.25, 0.3) is 11.6 Å². The molecule has 1 heterocycles. The van der Waals surface area contributed by atoms with Gasteiger partial charge in [0.1, 0.15) is 0 Å². The molecule has 6 nitrogen and oxygen atoms in total. The van der Waals surface area contributed by atoms with Crippen molar-refractivity contribution >= 4 is 11.6 Å². The third-order valence-corrected chi connectivity index (χ3v) is 3.05. The van der Waals surface area contributed by atoms with Crippen LogP contribution < -0.4 is 5.32 Å². The van der Waals surface area contributed by atoms with Gasteiger partial charge in [0.05, 0.1) is 16.2 Å². The molecule has 1 aromatic heterocycles. The van der Waals surface area contributed by atoms with E-state index in [-0.39, 0.29) is 17.2 Å². The lowest BCUT2D eigenvalue weighted by molar-refractivity contribution is -0.384. The molecule has 0 fully saturated rings. The molecule has 1 amide bonds. The van der Waals surface area contributed by atoms with Gasteiger partial charge in [-0.1, -0.05) is 12.1 Å². The number of aromatic nitrogens is 1. The van der Waals surface area contributed by atoms with Crippen molar-refractivity contribution in [3.63, 3.8) is 0 Å². The van der Waals surface area contributed by atoms with Crippen molar-refractivity contribution in [2.24, 2.45) is 0 Å². The Kier molecular flexibility index (Phi) is 3.98. The van der Waals surface area contributed by atoms with Crippen LogP contribution in [0.5, 0.6) is 0 Å². The van der Waals surface area contributed by atoms with E-state index in [0.717, 1.165) is 0 Å². The second-order valence-electron chi connectivity index (χ2n) is 5.10. The number of benzene rings is 1. The molecule has 0 aliphatic carbocycles. The average molecular weight is 285 g/mol. The van der Waals surface area contributed by atoms with E-state index in [0.29, 0.717) is 5.69 Å². The molecule has 108 valence electrons. The number of non-ortho nitro benzene ring substituents is 1. The first-order chi connectivity index (χ1) is 9.90. The molecule has 1 N–H and O–H groups in total. The fourth-order valence-electron chi connectivity index (χ4n) is 1.91. The van der Waals surface area contributed by atoms with E-state index in [1.54, 1.807) is 12.3 Å². The van der Waals surface area contributed by atoms with E-state index in [1.807, 2.05) is 26.0 Å². The maximum absolute atomic E-state index is 12.2. The number of rotatable bonds is 4. The molecule has 2 rings (SSSR count). The Morgan fingerprint density at radius 2 is 2.00 bits per heavy atom. The highest BCUT2D eigenvalue weighted by Gasteiger charge is 2.25. The molecule has 6 heteroatoms. The van der Waals surface area contributed by atoms with Gasteiger partial charge in [-0.25, -0.2) is 0 Å². The Hall–Kier alpha value is -2.76.